The Bertz CT molecular complexity index is 1480. The van der Waals surface area contributed by atoms with Crippen LogP contribution in [0.2, 0.25) is 5.02 Å². The minimum absolute atomic E-state index is 0.139. The van der Waals surface area contributed by atoms with Crippen molar-refractivity contribution in [3.05, 3.63) is 52.1 Å². The van der Waals surface area contributed by atoms with Gasteiger partial charge in [-0.3, -0.25) is 14.4 Å². The SMILES string of the molecule is C[C@]1(C(=O)O)CCCCC1C(=O)N1CCc2c(Cl)ccc(OCc3cncnc3C(F)(F)F)c2C1N1CC2(CC2)CC1=O. The number of nitrogens with zero attached hydrogens (tertiary/aromatic N) is 4. The van der Waals surface area contributed by atoms with Gasteiger partial charge in [0.25, 0.3) is 0 Å². The van der Waals surface area contributed by atoms with E-state index in [0.29, 0.717) is 61.2 Å². The summed E-state index contributed by atoms with van der Waals surface area (Å²) in [5, 5.41) is 10.5. The van der Waals surface area contributed by atoms with Gasteiger partial charge >= 0.3 is 12.1 Å². The molecule has 0 radical (unpaired) electrons. The number of carbonyl (C=O) groups excluding carboxylic acids is 2. The lowest BCUT2D eigenvalue weighted by Gasteiger charge is -2.47. The number of hydrogen-bond donors (Lipinski definition) is 1. The van der Waals surface area contributed by atoms with E-state index in [9.17, 15) is 32.7 Å². The fourth-order valence-corrected chi connectivity index (χ4v) is 7.33. The second-order valence-electron chi connectivity index (χ2n) is 12.5. The summed E-state index contributed by atoms with van der Waals surface area (Å²) < 4.78 is 46.9. The minimum Gasteiger partial charge on any atom is -0.488 e. The Morgan fingerprint density at radius 1 is 1.21 bits per heavy atom. The number of halogens is 4. The van der Waals surface area contributed by atoms with Crippen LogP contribution in [0.3, 0.4) is 0 Å². The molecule has 2 aromatic rings. The molecule has 2 aliphatic heterocycles. The molecular formula is C30H32ClF3N4O5. The Balaban J connectivity index is 1.42. The van der Waals surface area contributed by atoms with Crippen molar-refractivity contribution in [2.75, 3.05) is 13.1 Å². The van der Waals surface area contributed by atoms with Crippen LogP contribution in [0.4, 0.5) is 13.2 Å². The third kappa shape index (κ3) is 5.21. The number of aromatic nitrogens is 2. The molecule has 2 saturated carbocycles. The zero-order valence-electron chi connectivity index (χ0n) is 23.6. The van der Waals surface area contributed by atoms with E-state index in [2.05, 4.69) is 9.97 Å². The van der Waals surface area contributed by atoms with Crippen molar-refractivity contribution in [1.29, 1.82) is 0 Å². The Labute approximate surface area is 251 Å². The van der Waals surface area contributed by atoms with Crippen LogP contribution in [0.25, 0.3) is 0 Å². The second-order valence-corrected chi connectivity index (χ2v) is 12.9. The zero-order chi connectivity index (χ0) is 30.7. The van der Waals surface area contributed by atoms with Crippen LogP contribution in [0.5, 0.6) is 5.75 Å². The lowest BCUT2D eigenvalue weighted by atomic mass is 9.66. The first kappa shape index (κ1) is 29.7. The molecule has 2 aliphatic carbocycles. The van der Waals surface area contributed by atoms with Crippen molar-refractivity contribution in [3.8, 4) is 5.75 Å². The maximum atomic E-state index is 14.4. The van der Waals surface area contributed by atoms with E-state index < -0.39 is 41.9 Å². The van der Waals surface area contributed by atoms with Crippen molar-refractivity contribution < 1.29 is 37.4 Å². The first-order valence-corrected chi connectivity index (χ1v) is 14.9. The van der Waals surface area contributed by atoms with E-state index in [1.165, 1.54) is 6.07 Å². The summed E-state index contributed by atoms with van der Waals surface area (Å²) in [5.74, 6) is -2.14. The molecule has 1 spiro atoms. The predicted molar refractivity (Wildman–Crippen MR) is 147 cm³/mol. The van der Waals surface area contributed by atoms with Gasteiger partial charge in [0.1, 0.15) is 24.8 Å². The second kappa shape index (κ2) is 10.6. The Morgan fingerprint density at radius 2 is 1.98 bits per heavy atom. The van der Waals surface area contributed by atoms with Gasteiger partial charge in [0.05, 0.1) is 11.3 Å². The number of carboxylic acids is 1. The van der Waals surface area contributed by atoms with Crippen LogP contribution in [0.1, 0.15) is 80.4 Å². The number of carbonyl (C=O) groups is 3. The number of amides is 2. The summed E-state index contributed by atoms with van der Waals surface area (Å²) in [7, 11) is 0. The van der Waals surface area contributed by atoms with E-state index in [4.69, 9.17) is 16.3 Å². The maximum Gasteiger partial charge on any atom is 0.433 e. The monoisotopic (exact) mass is 620 g/mol. The number of rotatable bonds is 6. The van der Waals surface area contributed by atoms with Gasteiger partial charge in [0.15, 0.2) is 5.69 Å². The molecule has 230 valence electrons. The quantitative estimate of drug-likeness (QED) is 0.460. The lowest BCUT2D eigenvalue weighted by Crippen LogP contribution is -2.54. The normalized spacial score (nSPS) is 26.4. The molecule has 2 amide bonds. The predicted octanol–water partition coefficient (Wildman–Crippen LogP) is 5.40. The van der Waals surface area contributed by atoms with Crippen molar-refractivity contribution in [2.24, 2.45) is 16.7 Å². The van der Waals surface area contributed by atoms with E-state index in [1.807, 2.05) is 0 Å². The molecule has 2 unspecified atom stereocenters. The number of aliphatic carboxylic acids is 1. The van der Waals surface area contributed by atoms with Crippen LogP contribution in [-0.2, 0) is 33.6 Å². The molecule has 4 aliphatic rings. The van der Waals surface area contributed by atoms with Gasteiger partial charge < -0.3 is 19.6 Å². The molecule has 6 rings (SSSR count). The third-order valence-electron chi connectivity index (χ3n) is 9.74. The molecule has 43 heavy (non-hydrogen) atoms. The number of alkyl halides is 3. The van der Waals surface area contributed by atoms with Crippen LogP contribution >= 0.6 is 11.6 Å². The van der Waals surface area contributed by atoms with Gasteiger partial charge in [-0.15, -0.1) is 0 Å². The first-order chi connectivity index (χ1) is 20.3. The molecule has 1 aromatic heterocycles. The number of fused-ring (bicyclic) bond motifs is 1. The molecule has 9 nitrogen and oxygen atoms in total. The lowest BCUT2D eigenvalue weighted by molar-refractivity contribution is -0.165. The summed E-state index contributed by atoms with van der Waals surface area (Å²) in [6.45, 7) is 1.71. The van der Waals surface area contributed by atoms with Crippen LogP contribution in [0.15, 0.2) is 24.7 Å². The average Bonchev–Trinajstić information content (AvgIpc) is 3.64. The topological polar surface area (TPSA) is 113 Å². The number of benzene rings is 1. The fraction of sp³-hybridized carbons (Fsp3) is 0.567. The number of likely N-dealkylation sites (tertiary alicyclic amines) is 1. The summed E-state index contributed by atoms with van der Waals surface area (Å²) in [5.41, 5.74) is -1.73. The summed E-state index contributed by atoms with van der Waals surface area (Å²) >= 11 is 6.65. The highest BCUT2D eigenvalue weighted by Crippen LogP contribution is 2.56. The minimum atomic E-state index is -4.72. The fourth-order valence-electron chi connectivity index (χ4n) is 7.07. The molecule has 0 bridgehead atoms. The Hall–Kier alpha value is -3.41. The average molecular weight is 621 g/mol. The number of hydrogen-bond acceptors (Lipinski definition) is 6. The van der Waals surface area contributed by atoms with E-state index >= 15 is 0 Å². The number of ether oxygens (including phenoxy) is 1. The maximum absolute atomic E-state index is 14.4. The smallest absolute Gasteiger partial charge is 0.433 e. The summed E-state index contributed by atoms with van der Waals surface area (Å²) in [4.78, 5) is 50.7. The van der Waals surface area contributed by atoms with Crippen molar-refractivity contribution >= 4 is 29.4 Å². The molecule has 13 heteroatoms. The highest BCUT2D eigenvalue weighted by molar-refractivity contribution is 6.31. The van der Waals surface area contributed by atoms with Gasteiger partial charge in [-0.1, -0.05) is 24.4 Å². The molecule has 1 aromatic carbocycles. The van der Waals surface area contributed by atoms with Crippen LogP contribution in [-0.4, -0.2) is 55.7 Å². The Morgan fingerprint density at radius 3 is 2.65 bits per heavy atom. The van der Waals surface area contributed by atoms with Crippen LogP contribution < -0.4 is 4.74 Å². The number of carboxylic acid groups (broad SMARTS) is 1. The van der Waals surface area contributed by atoms with Crippen molar-refractivity contribution in [1.82, 2.24) is 19.8 Å². The van der Waals surface area contributed by atoms with Gasteiger partial charge in [-0.25, -0.2) is 9.97 Å². The zero-order valence-corrected chi connectivity index (χ0v) is 24.4. The summed E-state index contributed by atoms with van der Waals surface area (Å²) in [6, 6.07) is 3.13. The molecule has 3 atom stereocenters. The van der Waals surface area contributed by atoms with Gasteiger partial charge in [-0.2, -0.15) is 13.2 Å². The Kier molecular flexibility index (Phi) is 7.34. The third-order valence-corrected chi connectivity index (χ3v) is 10.1. The van der Waals surface area contributed by atoms with Crippen LogP contribution in [0, 0.1) is 16.7 Å². The van der Waals surface area contributed by atoms with E-state index in [1.54, 1.807) is 22.8 Å². The van der Waals surface area contributed by atoms with Crippen molar-refractivity contribution in [2.45, 2.75) is 77.2 Å². The molecule has 1 saturated heterocycles. The first-order valence-electron chi connectivity index (χ1n) is 14.5. The van der Waals surface area contributed by atoms with Crippen molar-refractivity contribution in [3.63, 3.8) is 0 Å². The molecule has 3 fully saturated rings. The summed E-state index contributed by atoms with van der Waals surface area (Å²) in [6.07, 6.45) is 0.791. The highest BCUT2D eigenvalue weighted by Gasteiger charge is 2.56. The highest BCUT2D eigenvalue weighted by atomic mass is 35.5. The van der Waals surface area contributed by atoms with Gasteiger partial charge in [0.2, 0.25) is 11.8 Å². The largest absolute Gasteiger partial charge is 0.488 e. The molecule has 3 heterocycles. The van der Waals surface area contributed by atoms with E-state index in [-0.39, 0.29) is 35.1 Å². The van der Waals surface area contributed by atoms with Gasteiger partial charge in [-0.05, 0) is 62.1 Å². The van der Waals surface area contributed by atoms with Gasteiger partial charge in [0, 0.05) is 41.9 Å². The molecule has 1 N–H and O–H groups in total. The molecular weight excluding hydrogens is 589 g/mol. The standard InChI is InChI=1S/C30H32ClF3N4O5/c1-28(27(41)42)8-3-2-4-19(28)26(40)37-11-7-18-20(31)5-6-21(43-14-17-13-35-16-36-24(17)30(32,33)34)23(18)25(37)38-15-29(9-10-29)12-22(38)39/h5-6,13,16,19,25H,2-4,7-12,14-15H2,1H3,(H,41,42)/t19?,25?,28-/m0/s1. The van der Waals surface area contributed by atoms with E-state index in [0.717, 1.165) is 25.4 Å².